The topological polar surface area (TPSA) is 3.24 Å². The van der Waals surface area contributed by atoms with Gasteiger partial charge in [0.2, 0.25) is 0 Å². The van der Waals surface area contributed by atoms with Gasteiger partial charge in [0.05, 0.1) is 15.5 Å². The minimum absolute atomic E-state index is 0.144. The van der Waals surface area contributed by atoms with Gasteiger partial charge in [-0.15, -0.1) is 0 Å². The first-order valence-corrected chi connectivity index (χ1v) is 8.21. The predicted octanol–water partition coefficient (Wildman–Crippen LogP) is 5.55. The van der Waals surface area contributed by atoms with Gasteiger partial charge in [-0.3, -0.25) is 0 Å². The Hall–Kier alpha value is 0.01000. The van der Waals surface area contributed by atoms with Gasteiger partial charge in [0, 0.05) is 6.54 Å². The fourth-order valence-electron chi connectivity index (χ4n) is 2.24. The molecule has 1 aliphatic heterocycles. The summed E-state index contributed by atoms with van der Waals surface area (Å²) in [5.74, 6) is -0.715. The number of nitrogens with zero attached hydrogens (tertiary/aromatic N) is 1. The third-order valence-electron chi connectivity index (χ3n) is 3.39. The lowest BCUT2D eigenvalue weighted by Crippen LogP contribution is -2.61. The molecule has 0 fully saturated rings. The average molecular weight is 465 g/mol. The van der Waals surface area contributed by atoms with Crippen molar-refractivity contribution in [1.29, 1.82) is 0 Å². The van der Waals surface area contributed by atoms with Crippen LogP contribution in [0.4, 0.5) is 30.7 Å². The second-order valence-electron chi connectivity index (χ2n) is 5.08. The lowest BCUT2D eigenvalue weighted by molar-refractivity contribution is -0.331. The Bertz CT molecular complexity index is 418. The van der Waals surface area contributed by atoms with Gasteiger partial charge in [0.15, 0.2) is 0 Å². The standard InChI is InChI=1S/C12H14Br2F7N/c1-3-4-22-7(5-6(2)8(13)9(22)14)10(15,11(16,17)18)12(19,20)21/h5-6,8-9H,3-4H2,1-2H3. The zero-order chi connectivity index (χ0) is 17.5. The average Bonchev–Trinajstić information content (AvgIpc) is 2.35. The van der Waals surface area contributed by atoms with Crippen molar-refractivity contribution in [2.45, 2.75) is 48.1 Å². The summed E-state index contributed by atoms with van der Waals surface area (Å²) in [5, 5.41) is 0. The quantitative estimate of drug-likeness (QED) is 0.300. The molecule has 0 aliphatic carbocycles. The molecule has 0 saturated carbocycles. The van der Waals surface area contributed by atoms with Gasteiger partial charge in [-0.2, -0.15) is 26.3 Å². The smallest absolute Gasteiger partial charge is 0.358 e. The summed E-state index contributed by atoms with van der Waals surface area (Å²) < 4.78 is 92.1. The van der Waals surface area contributed by atoms with E-state index < -0.39 is 39.4 Å². The SMILES string of the molecule is CCCN1C(C(F)(C(F)(F)F)C(F)(F)F)=CC(C)C(Br)C1Br. The largest absolute Gasteiger partial charge is 0.437 e. The van der Waals surface area contributed by atoms with Gasteiger partial charge >= 0.3 is 18.0 Å². The van der Waals surface area contributed by atoms with Crippen LogP contribution in [0.5, 0.6) is 0 Å². The van der Waals surface area contributed by atoms with E-state index in [0.717, 1.165) is 4.90 Å². The number of hydrogen-bond donors (Lipinski definition) is 0. The molecule has 0 saturated heterocycles. The summed E-state index contributed by atoms with van der Waals surface area (Å²) >= 11 is 6.27. The van der Waals surface area contributed by atoms with Crippen molar-refractivity contribution in [2.75, 3.05) is 6.54 Å². The lowest BCUT2D eigenvalue weighted by atomic mass is 9.90. The molecule has 0 aromatic rings. The number of halogens is 9. The van der Waals surface area contributed by atoms with E-state index in [9.17, 15) is 30.7 Å². The van der Waals surface area contributed by atoms with Crippen LogP contribution in [0.3, 0.4) is 0 Å². The molecule has 0 amide bonds. The van der Waals surface area contributed by atoms with Crippen LogP contribution in [0, 0.1) is 5.92 Å². The van der Waals surface area contributed by atoms with Crippen LogP contribution in [0.1, 0.15) is 20.3 Å². The molecule has 0 radical (unpaired) electrons. The zero-order valence-corrected chi connectivity index (χ0v) is 14.7. The molecule has 1 rings (SSSR count). The molecule has 22 heavy (non-hydrogen) atoms. The molecule has 1 nitrogen and oxygen atoms in total. The number of hydrogen-bond acceptors (Lipinski definition) is 1. The van der Waals surface area contributed by atoms with E-state index in [1.807, 2.05) is 0 Å². The van der Waals surface area contributed by atoms with Gasteiger partial charge < -0.3 is 4.90 Å². The highest BCUT2D eigenvalue weighted by Gasteiger charge is 2.76. The van der Waals surface area contributed by atoms with E-state index in [1.54, 1.807) is 6.92 Å². The Morgan fingerprint density at radius 2 is 1.50 bits per heavy atom. The molecular weight excluding hydrogens is 451 g/mol. The van der Waals surface area contributed by atoms with Crippen LogP contribution in [0.25, 0.3) is 0 Å². The Kier molecular flexibility index (Phi) is 5.91. The highest BCUT2D eigenvalue weighted by molar-refractivity contribution is 9.12. The van der Waals surface area contributed by atoms with Crippen LogP contribution >= 0.6 is 31.9 Å². The number of allylic oxidation sites excluding steroid dienone is 2. The van der Waals surface area contributed by atoms with Gasteiger partial charge in [-0.1, -0.05) is 51.8 Å². The molecular formula is C12H14Br2F7N. The van der Waals surface area contributed by atoms with E-state index in [-0.39, 0.29) is 13.0 Å². The molecule has 0 spiro atoms. The maximum absolute atomic E-state index is 14.3. The maximum atomic E-state index is 14.3. The second-order valence-corrected chi connectivity index (χ2v) is 7.07. The van der Waals surface area contributed by atoms with Gasteiger partial charge in [-0.25, -0.2) is 4.39 Å². The Morgan fingerprint density at radius 3 is 1.86 bits per heavy atom. The van der Waals surface area contributed by atoms with Crippen molar-refractivity contribution in [1.82, 2.24) is 4.90 Å². The van der Waals surface area contributed by atoms with Crippen LogP contribution in [0.2, 0.25) is 0 Å². The molecule has 3 atom stereocenters. The third-order valence-corrected chi connectivity index (χ3v) is 6.50. The summed E-state index contributed by atoms with van der Waals surface area (Å²) in [6, 6.07) is 0. The lowest BCUT2D eigenvalue weighted by Gasteiger charge is -2.45. The fourth-order valence-corrected chi connectivity index (χ4v) is 3.59. The Morgan fingerprint density at radius 1 is 1.05 bits per heavy atom. The van der Waals surface area contributed by atoms with Crippen LogP contribution in [0.15, 0.2) is 11.8 Å². The van der Waals surface area contributed by atoms with Crippen molar-refractivity contribution in [3.63, 3.8) is 0 Å². The van der Waals surface area contributed by atoms with E-state index >= 15 is 0 Å². The summed E-state index contributed by atoms with van der Waals surface area (Å²) in [6.45, 7) is 2.86. The van der Waals surface area contributed by atoms with Gasteiger partial charge in [0.1, 0.15) is 0 Å². The predicted molar refractivity (Wildman–Crippen MR) is 75.6 cm³/mol. The van der Waals surface area contributed by atoms with E-state index in [0.29, 0.717) is 6.08 Å². The normalized spacial score (nSPS) is 27.9. The Balaban J connectivity index is 3.53. The third kappa shape index (κ3) is 3.27. The summed E-state index contributed by atoms with van der Waals surface area (Å²) in [6.07, 6.45) is -11.2. The fraction of sp³-hybridized carbons (Fsp3) is 0.833. The first-order chi connectivity index (χ1) is 9.79. The van der Waals surface area contributed by atoms with E-state index in [1.165, 1.54) is 6.92 Å². The van der Waals surface area contributed by atoms with Crippen molar-refractivity contribution in [3.8, 4) is 0 Å². The number of rotatable bonds is 3. The molecule has 3 unspecified atom stereocenters. The van der Waals surface area contributed by atoms with Gasteiger partial charge in [0.25, 0.3) is 0 Å². The van der Waals surface area contributed by atoms with E-state index in [2.05, 4.69) is 31.9 Å². The summed E-state index contributed by atoms with van der Waals surface area (Å²) in [5.41, 5.74) is -6.80. The molecule has 1 aliphatic rings. The second kappa shape index (κ2) is 6.49. The zero-order valence-electron chi connectivity index (χ0n) is 11.6. The Labute approximate surface area is 140 Å². The molecule has 1 heterocycles. The first-order valence-electron chi connectivity index (χ1n) is 6.38. The highest BCUT2D eigenvalue weighted by Crippen LogP contribution is 2.54. The van der Waals surface area contributed by atoms with Crippen molar-refractivity contribution in [2.24, 2.45) is 5.92 Å². The molecule has 0 aromatic carbocycles. The van der Waals surface area contributed by atoms with Crippen molar-refractivity contribution in [3.05, 3.63) is 11.8 Å². The van der Waals surface area contributed by atoms with Crippen LogP contribution < -0.4 is 0 Å². The molecule has 0 aromatic heterocycles. The van der Waals surface area contributed by atoms with Crippen molar-refractivity contribution < 1.29 is 30.7 Å². The summed E-state index contributed by atoms with van der Waals surface area (Å²) in [4.78, 5) is -0.559. The minimum Gasteiger partial charge on any atom is -0.358 e. The minimum atomic E-state index is -6.10. The van der Waals surface area contributed by atoms with Crippen LogP contribution in [-0.2, 0) is 0 Å². The highest BCUT2D eigenvalue weighted by atomic mass is 79.9. The number of alkyl halides is 9. The monoisotopic (exact) mass is 463 g/mol. The molecule has 130 valence electrons. The first kappa shape index (κ1) is 20.1. The van der Waals surface area contributed by atoms with Crippen molar-refractivity contribution >= 4 is 31.9 Å². The molecule has 0 bridgehead atoms. The summed E-state index contributed by atoms with van der Waals surface area (Å²) in [7, 11) is 0. The van der Waals surface area contributed by atoms with E-state index in [4.69, 9.17) is 0 Å². The maximum Gasteiger partial charge on any atom is 0.437 e. The molecule has 10 heteroatoms. The van der Waals surface area contributed by atoms with Crippen LogP contribution in [-0.4, -0.2) is 39.2 Å². The van der Waals surface area contributed by atoms with Gasteiger partial charge in [-0.05, 0) is 12.3 Å². The molecule has 0 N–H and O–H groups in total.